The summed E-state index contributed by atoms with van der Waals surface area (Å²) < 4.78 is 6.07. The molecule has 0 saturated carbocycles. The van der Waals surface area contributed by atoms with Crippen LogP contribution in [0.25, 0.3) is 5.57 Å². The Labute approximate surface area is 187 Å². The molecule has 0 fully saturated rings. The number of thioether (sulfide) groups is 1. The van der Waals surface area contributed by atoms with Crippen molar-refractivity contribution in [3.05, 3.63) is 99.5 Å². The van der Waals surface area contributed by atoms with E-state index in [2.05, 4.69) is 34.1 Å². The molecule has 0 aliphatic rings. The van der Waals surface area contributed by atoms with E-state index in [1.807, 2.05) is 48.5 Å². The third kappa shape index (κ3) is 6.13. The van der Waals surface area contributed by atoms with Crippen LogP contribution < -0.4 is 4.74 Å². The Balaban J connectivity index is 1.78. The Morgan fingerprint density at radius 3 is 2.48 bits per heavy atom. The maximum atomic E-state index is 10.6. The van der Waals surface area contributed by atoms with Crippen LogP contribution in [0.4, 0.5) is 0 Å². The molecule has 3 aromatic rings. The number of hydrogen-bond donors (Lipinski definition) is 1. The Morgan fingerprint density at radius 1 is 1.07 bits per heavy atom. The van der Waals surface area contributed by atoms with Crippen LogP contribution in [-0.2, 0) is 4.79 Å². The number of rotatable bonds is 8. The molecule has 0 atom stereocenters. The number of aliphatic carboxylic acids is 1. The molecule has 0 heterocycles. The highest BCUT2D eigenvalue weighted by Crippen LogP contribution is 2.33. The fourth-order valence-electron chi connectivity index (χ4n) is 2.73. The van der Waals surface area contributed by atoms with Crippen molar-refractivity contribution in [2.75, 3.05) is 12.4 Å². The number of carboxylic acid groups (broad SMARTS) is 1. The summed E-state index contributed by atoms with van der Waals surface area (Å²) in [6.45, 7) is -0.361. The highest BCUT2D eigenvalue weighted by Gasteiger charge is 2.09. The van der Waals surface area contributed by atoms with Crippen molar-refractivity contribution in [1.82, 2.24) is 0 Å². The summed E-state index contributed by atoms with van der Waals surface area (Å²) >= 11 is 11.6. The first-order valence-electron chi connectivity index (χ1n) is 8.82. The molecule has 6 heteroatoms. The van der Waals surface area contributed by atoms with Gasteiger partial charge in [-0.2, -0.15) is 0 Å². The van der Waals surface area contributed by atoms with Gasteiger partial charge in [-0.15, -0.1) is 11.8 Å². The summed E-state index contributed by atoms with van der Waals surface area (Å²) in [4.78, 5) is 11.7. The van der Waals surface area contributed by atoms with E-state index in [-0.39, 0.29) is 6.61 Å². The van der Waals surface area contributed by atoms with E-state index in [1.165, 1.54) is 0 Å². The second-order valence-electron chi connectivity index (χ2n) is 6.05. The van der Waals surface area contributed by atoms with Gasteiger partial charge in [0.1, 0.15) is 5.75 Å². The molecule has 3 rings (SSSR count). The van der Waals surface area contributed by atoms with Crippen molar-refractivity contribution in [2.45, 2.75) is 4.90 Å². The largest absolute Gasteiger partial charge is 0.482 e. The van der Waals surface area contributed by atoms with Crippen LogP contribution >= 0.6 is 39.3 Å². The molecule has 0 bridgehead atoms. The van der Waals surface area contributed by atoms with Gasteiger partial charge in [0, 0.05) is 25.7 Å². The minimum Gasteiger partial charge on any atom is -0.482 e. The Morgan fingerprint density at radius 2 is 1.79 bits per heavy atom. The van der Waals surface area contributed by atoms with E-state index in [4.69, 9.17) is 21.4 Å². The molecule has 0 amide bonds. The number of benzene rings is 3. The number of carbonyl (C=O) groups is 1. The Hall–Kier alpha value is -2.21. The smallest absolute Gasteiger partial charge is 0.341 e. The Bertz CT molecular complexity index is 1020. The second kappa shape index (κ2) is 10.5. The van der Waals surface area contributed by atoms with Crippen molar-refractivity contribution in [3.63, 3.8) is 0 Å². The quantitative estimate of drug-likeness (QED) is 0.354. The lowest BCUT2D eigenvalue weighted by Crippen LogP contribution is -2.09. The zero-order valence-electron chi connectivity index (χ0n) is 15.3. The van der Waals surface area contributed by atoms with Gasteiger partial charge in [0.15, 0.2) is 6.61 Å². The lowest BCUT2D eigenvalue weighted by atomic mass is 9.98. The van der Waals surface area contributed by atoms with E-state index in [0.717, 1.165) is 31.8 Å². The van der Waals surface area contributed by atoms with Gasteiger partial charge in [0.25, 0.3) is 0 Å². The minimum atomic E-state index is -1.00. The van der Waals surface area contributed by atoms with Crippen molar-refractivity contribution >= 4 is 50.8 Å². The molecule has 0 aromatic heterocycles. The molecular formula is C23H18BrClO3S. The van der Waals surface area contributed by atoms with E-state index < -0.39 is 5.97 Å². The zero-order valence-corrected chi connectivity index (χ0v) is 18.5. The van der Waals surface area contributed by atoms with Gasteiger partial charge in [0.2, 0.25) is 0 Å². The summed E-state index contributed by atoms with van der Waals surface area (Å²) in [5.74, 6) is 0.251. The second-order valence-corrected chi connectivity index (χ2v) is 8.37. The van der Waals surface area contributed by atoms with Crippen LogP contribution in [0.5, 0.6) is 5.75 Å². The number of ether oxygens (including phenoxy) is 1. The molecule has 0 spiro atoms. The molecule has 0 radical (unpaired) electrons. The SMILES string of the molecule is O=C(O)COc1ccc(SCC=C(c2ccccc2)c2ccccc2Cl)c(Br)c1. The lowest BCUT2D eigenvalue weighted by molar-refractivity contribution is -0.139. The molecule has 0 saturated heterocycles. The molecule has 0 aliphatic heterocycles. The maximum absolute atomic E-state index is 10.6. The van der Waals surface area contributed by atoms with Crippen LogP contribution in [0, 0.1) is 0 Å². The van der Waals surface area contributed by atoms with E-state index in [9.17, 15) is 4.79 Å². The third-order valence-electron chi connectivity index (χ3n) is 4.04. The number of hydrogen-bond acceptors (Lipinski definition) is 3. The molecule has 0 aliphatic carbocycles. The van der Waals surface area contributed by atoms with E-state index >= 15 is 0 Å². The highest BCUT2D eigenvalue weighted by atomic mass is 79.9. The molecule has 148 valence electrons. The van der Waals surface area contributed by atoms with Crippen LogP contribution in [0.1, 0.15) is 11.1 Å². The van der Waals surface area contributed by atoms with Gasteiger partial charge < -0.3 is 9.84 Å². The highest BCUT2D eigenvalue weighted by molar-refractivity contribution is 9.10. The van der Waals surface area contributed by atoms with Crippen LogP contribution in [-0.4, -0.2) is 23.4 Å². The summed E-state index contributed by atoms with van der Waals surface area (Å²) in [5, 5.41) is 9.43. The molecule has 0 unspecified atom stereocenters. The summed E-state index contributed by atoms with van der Waals surface area (Å²) in [6, 6.07) is 23.5. The van der Waals surface area contributed by atoms with Gasteiger partial charge in [0.05, 0.1) is 0 Å². The van der Waals surface area contributed by atoms with Gasteiger partial charge in [-0.1, -0.05) is 66.2 Å². The van der Waals surface area contributed by atoms with Crippen molar-refractivity contribution in [3.8, 4) is 5.75 Å². The molecule has 3 aromatic carbocycles. The first kappa shape index (κ1) is 21.5. The van der Waals surface area contributed by atoms with Gasteiger partial charge in [-0.25, -0.2) is 4.79 Å². The van der Waals surface area contributed by atoms with Crippen LogP contribution in [0.2, 0.25) is 5.02 Å². The van der Waals surface area contributed by atoms with Gasteiger partial charge in [-0.3, -0.25) is 0 Å². The predicted molar refractivity (Wildman–Crippen MR) is 123 cm³/mol. The average molecular weight is 490 g/mol. The van der Waals surface area contributed by atoms with Crippen LogP contribution in [0.3, 0.4) is 0 Å². The number of carboxylic acids is 1. The van der Waals surface area contributed by atoms with Crippen molar-refractivity contribution < 1.29 is 14.6 Å². The normalized spacial score (nSPS) is 11.3. The van der Waals surface area contributed by atoms with Crippen molar-refractivity contribution in [1.29, 1.82) is 0 Å². The van der Waals surface area contributed by atoms with Crippen molar-refractivity contribution in [2.24, 2.45) is 0 Å². The van der Waals surface area contributed by atoms with E-state index in [0.29, 0.717) is 10.8 Å². The standard InChI is InChI=1S/C23H18BrClO3S/c24-20-14-17(28-15-23(26)27)10-11-22(20)29-13-12-18(16-6-2-1-3-7-16)19-8-4-5-9-21(19)25/h1-12,14H,13,15H2,(H,26,27). The van der Waals surface area contributed by atoms with Gasteiger partial charge in [-0.05, 0) is 51.3 Å². The molecule has 3 nitrogen and oxygen atoms in total. The lowest BCUT2D eigenvalue weighted by Gasteiger charge is -2.11. The monoisotopic (exact) mass is 488 g/mol. The Kier molecular flexibility index (Phi) is 7.81. The topological polar surface area (TPSA) is 46.5 Å². The number of halogens is 2. The predicted octanol–water partition coefficient (Wildman–Crippen LogP) is 6.79. The third-order valence-corrected chi connectivity index (χ3v) is 6.29. The summed E-state index contributed by atoms with van der Waals surface area (Å²) in [5.41, 5.74) is 3.19. The first-order chi connectivity index (χ1) is 14.0. The fourth-order valence-corrected chi connectivity index (χ4v) is 4.46. The molecular weight excluding hydrogens is 472 g/mol. The zero-order chi connectivity index (χ0) is 20.6. The minimum absolute atomic E-state index is 0.361. The van der Waals surface area contributed by atoms with E-state index in [1.54, 1.807) is 23.9 Å². The van der Waals surface area contributed by atoms with Crippen LogP contribution in [0.15, 0.2) is 88.2 Å². The van der Waals surface area contributed by atoms with Gasteiger partial charge >= 0.3 is 5.97 Å². The molecule has 29 heavy (non-hydrogen) atoms. The first-order valence-corrected chi connectivity index (χ1v) is 11.0. The average Bonchev–Trinajstić information content (AvgIpc) is 2.72. The maximum Gasteiger partial charge on any atom is 0.341 e. The fraction of sp³-hybridized carbons (Fsp3) is 0.0870. The summed E-state index contributed by atoms with van der Waals surface area (Å²) in [6.07, 6.45) is 2.17. The summed E-state index contributed by atoms with van der Waals surface area (Å²) in [7, 11) is 0. The molecule has 1 N–H and O–H groups in total.